The molecule has 0 unspecified atom stereocenters. The van der Waals surface area contributed by atoms with Crippen LogP contribution in [-0.2, 0) is 6.54 Å². The fraction of sp³-hybridized carbons (Fsp3) is 0.182. The molecule has 1 aliphatic heterocycles. The summed E-state index contributed by atoms with van der Waals surface area (Å²) in [6.07, 6.45) is 0.983. The molecule has 8 nitrogen and oxygen atoms in total. The molecule has 32 heavy (non-hydrogen) atoms. The number of imide groups is 1. The second-order valence-electron chi connectivity index (χ2n) is 7.02. The molecule has 0 spiro atoms. The summed E-state index contributed by atoms with van der Waals surface area (Å²) in [6.45, 7) is 1.06. The first kappa shape index (κ1) is 21.2. The number of ether oxygens (including phenoxy) is 1. The Bertz CT molecular complexity index is 1330. The molecule has 0 saturated carbocycles. The number of hydrogen-bond donors (Lipinski definition) is 1. The van der Waals surface area contributed by atoms with Crippen molar-refractivity contribution in [3.05, 3.63) is 75.1 Å². The molecule has 164 valence electrons. The summed E-state index contributed by atoms with van der Waals surface area (Å²) in [5, 5.41) is 8.75. The van der Waals surface area contributed by atoms with E-state index in [1.165, 1.54) is 16.7 Å². The molecule has 0 fully saturated rings. The van der Waals surface area contributed by atoms with Gasteiger partial charge in [-0.25, -0.2) is 13.6 Å². The predicted molar refractivity (Wildman–Crippen MR) is 108 cm³/mol. The number of benzene rings is 2. The quantitative estimate of drug-likeness (QED) is 0.589. The van der Waals surface area contributed by atoms with Gasteiger partial charge in [-0.1, -0.05) is 12.1 Å². The zero-order valence-electron chi connectivity index (χ0n) is 16.7. The number of aromatic carboxylic acids is 1. The van der Waals surface area contributed by atoms with Gasteiger partial charge in [0.05, 0.1) is 28.6 Å². The first-order valence-corrected chi connectivity index (χ1v) is 9.62. The van der Waals surface area contributed by atoms with Crippen LogP contribution in [0.1, 0.15) is 38.0 Å². The second-order valence-corrected chi connectivity index (χ2v) is 7.02. The zero-order chi connectivity index (χ0) is 23.2. The molecule has 2 amide bonds. The topological polar surface area (TPSA) is 106 Å². The van der Waals surface area contributed by atoms with Crippen molar-refractivity contribution in [3.8, 4) is 5.75 Å². The summed E-state index contributed by atoms with van der Waals surface area (Å²) in [7, 11) is 0. The molecule has 1 N–H and O–H groups in total. The summed E-state index contributed by atoms with van der Waals surface area (Å²) in [5.74, 6) is -5.76. The smallest absolute Gasteiger partial charge is 0.341 e. The van der Waals surface area contributed by atoms with Crippen LogP contribution in [0.3, 0.4) is 0 Å². The number of amides is 2. The van der Waals surface area contributed by atoms with Crippen LogP contribution in [0.4, 0.5) is 8.78 Å². The molecule has 4 rings (SSSR count). The number of carboxylic acids is 1. The number of halogens is 2. The average Bonchev–Trinajstić information content (AvgIpc) is 3.01. The SMILES string of the molecule is CCn1cc(C(=O)O)c(=O)c2cc(F)c(OCCN3C(=O)c4ccccc4C3=O)c(F)c21. The van der Waals surface area contributed by atoms with E-state index < -0.39 is 58.2 Å². The van der Waals surface area contributed by atoms with E-state index in [0.717, 1.165) is 17.2 Å². The molecule has 0 atom stereocenters. The maximum Gasteiger partial charge on any atom is 0.341 e. The van der Waals surface area contributed by atoms with Gasteiger partial charge in [-0.15, -0.1) is 0 Å². The Hall–Kier alpha value is -4.08. The number of hydrogen-bond acceptors (Lipinski definition) is 5. The molecule has 2 aromatic carbocycles. The van der Waals surface area contributed by atoms with E-state index >= 15 is 4.39 Å². The zero-order valence-corrected chi connectivity index (χ0v) is 16.7. The molecule has 0 aliphatic carbocycles. The number of pyridine rings is 1. The molecule has 2 heterocycles. The minimum Gasteiger partial charge on any atom is -0.486 e. The molecule has 10 heteroatoms. The Morgan fingerprint density at radius 3 is 2.28 bits per heavy atom. The van der Waals surface area contributed by atoms with Gasteiger partial charge in [0.1, 0.15) is 12.2 Å². The first-order valence-electron chi connectivity index (χ1n) is 9.62. The lowest BCUT2D eigenvalue weighted by molar-refractivity contribution is 0.0627. The maximum absolute atomic E-state index is 15.1. The second kappa shape index (κ2) is 7.88. The Balaban J connectivity index is 1.64. The third kappa shape index (κ3) is 3.20. The molecule has 0 bridgehead atoms. The lowest BCUT2D eigenvalue weighted by atomic mass is 10.1. The Morgan fingerprint density at radius 1 is 1.09 bits per heavy atom. The highest BCUT2D eigenvalue weighted by Gasteiger charge is 2.35. The maximum atomic E-state index is 15.1. The third-order valence-corrected chi connectivity index (χ3v) is 5.22. The summed E-state index contributed by atoms with van der Waals surface area (Å²) < 4.78 is 36.1. The van der Waals surface area contributed by atoms with Crippen molar-refractivity contribution in [2.75, 3.05) is 13.2 Å². The largest absolute Gasteiger partial charge is 0.486 e. The Morgan fingerprint density at radius 2 is 1.72 bits per heavy atom. The van der Waals surface area contributed by atoms with Crippen molar-refractivity contribution in [1.29, 1.82) is 0 Å². The van der Waals surface area contributed by atoms with Gasteiger partial charge >= 0.3 is 5.97 Å². The number of aromatic nitrogens is 1. The monoisotopic (exact) mass is 442 g/mol. The van der Waals surface area contributed by atoms with E-state index in [1.807, 2.05) is 0 Å². The van der Waals surface area contributed by atoms with Crippen molar-refractivity contribution in [2.24, 2.45) is 0 Å². The Kier molecular flexibility index (Phi) is 5.21. The molecule has 0 radical (unpaired) electrons. The van der Waals surface area contributed by atoms with Crippen molar-refractivity contribution in [2.45, 2.75) is 13.5 Å². The number of carbonyl (C=O) groups excluding carboxylic acids is 2. The summed E-state index contributed by atoms with van der Waals surface area (Å²) >= 11 is 0. The number of nitrogens with zero attached hydrogens (tertiary/aromatic N) is 2. The molecule has 1 aromatic heterocycles. The van der Waals surface area contributed by atoms with Gasteiger partial charge in [-0.2, -0.15) is 0 Å². The highest BCUT2D eigenvalue weighted by atomic mass is 19.1. The van der Waals surface area contributed by atoms with E-state index in [1.54, 1.807) is 19.1 Å². The van der Waals surface area contributed by atoms with Crippen LogP contribution in [0.25, 0.3) is 10.9 Å². The lowest BCUT2D eigenvalue weighted by Crippen LogP contribution is -2.33. The summed E-state index contributed by atoms with van der Waals surface area (Å²) in [4.78, 5) is 49.3. The van der Waals surface area contributed by atoms with Gasteiger partial charge in [0, 0.05) is 12.7 Å². The lowest BCUT2D eigenvalue weighted by Gasteiger charge is -2.17. The van der Waals surface area contributed by atoms with Gasteiger partial charge < -0.3 is 14.4 Å². The van der Waals surface area contributed by atoms with Crippen LogP contribution in [0.2, 0.25) is 0 Å². The van der Waals surface area contributed by atoms with Crippen molar-refractivity contribution in [3.63, 3.8) is 0 Å². The standard InChI is InChI=1S/C22H16F2N2O6/c1-2-25-10-14(22(30)31)18(27)13-9-15(23)19(16(24)17(13)25)32-8-7-26-20(28)11-5-3-4-6-12(11)21(26)29/h3-6,9-10H,2,7-8H2,1H3,(H,30,31). The van der Waals surface area contributed by atoms with Crippen molar-refractivity contribution < 1.29 is 33.0 Å². The van der Waals surface area contributed by atoms with Gasteiger partial charge in [-0.3, -0.25) is 19.3 Å². The first-order chi connectivity index (χ1) is 15.3. The van der Waals surface area contributed by atoms with E-state index in [4.69, 9.17) is 4.74 Å². The van der Waals surface area contributed by atoms with Gasteiger partial charge in [0.2, 0.25) is 5.43 Å². The van der Waals surface area contributed by atoms with Crippen LogP contribution in [0.15, 0.2) is 41.3 Å². The molecule has 0 saturated heterocycles. The minimum atomic E-state index is -1.51. The van der Waals surface area contributed by atoms with E-state index in [0.29, 0.717) is 0 Å². The molecule has 3 aromatic rings. The fourth-order valence-corrected chi connectivity index (χ4v) is 3.68. The number of rotatable bonds is 6. The predicted octanol–water partition coefficient (Wildman–Crippen LogP) is 2.67. The van der Waals surface area contributed by atoms with Gasteiger partial charge in [0.25, 0.3) is 11.8 Å². The van der Waals surface area contributed by atoms with Crippen LogP contribution in [-0.4, -0.2) is 45.5 Å². The molecular weight excluding hydrogens is 426 g/mol. The highest BCUT2D eigenvalue weighted by Crippen LogP contribution is 2.29. The number of carboxylic acid groups (broad SMARTS) is 1. The molecule has 1 aliphatic rings. The van der Waals surface area contributed by atoms with E-state index in [9.17, 15) is 28.7 Å². The minimum absolute atomic E-state index is 0.105. The van der Waals surface area contributed by atoms with Gasteiger partial charge in [0.15, 0.2) is 17.4 Å². The number of aryl methyl sites for hydroxylation is 1. The highest BCUT2D eigenvalue weighted by molar-refractivity contribution is 6.21. The van der Waals surface area contributed by atoms with Crippen LogP contribution in [0.5, 0.6) is 5.75 Å². The Labute approximate surface area is 179 Å². The van der Waals surface area contributed by atoms with Crippen LogP contribution < -0.4 is 10.2 Å². The van der Waals surface area contributed by atoms with Crippen molar-refractivity contribution >= 4 is 28.7 Å². The van der Waals surface area contributed by atoms with Crippen LogP contribution >= 0.6 is 0 Å². The van der Waals surface area contributed by atoms with Gasteiger partial charge in [-0.05, 0) is 25.1 Å². The fourth-order valence-electron chi connectivity index (χ4n) is 3.68. The number of fused-ring (bicyclic) bond motifs is 2. The van der Waals surface area contributed by atoms with Crippen LogP contribution in [0, 0.1) is 11.6 Å². The normalized spacial score (nSPS) is 13.0. The molecular formula is C22H16F2N2O6. The number of carbonyl (C=O) groups is 3. The van der Waals surface area contributed by atoms with E-state index in [2.05, 4.69) is 0 Å². The summed E-state index contributed by atoms with van der Waals surface area (Å²) in [5.41, 5.74) is -1.46. The van der Waals surface area contributed by atoms with Crippen molar-refractivity contribution in [1.82, 2.24) is 9.47 Å². The average molecular weight is 442 g/mol. The van der Waals surface area contributed by atoms with E-state index in [-0.39, 0.29) is 29.7 Å². The summed E-state index contributed by atoms with van der Waals surface area (Å²) in [6, 6.07) is 6.97. The third-order valence-electron chi connectivity index (χ3n) is 5.22.